The lowest BCUT2D eigenvalue weighted by atomic mass is 10.1. The zero-order chi connectivity index (χ0) is 24.6. The lowest BCUT2D eigenvalue weighted by Crippen LogP contribution is -2.30. The molecule has 2 N–H and O–H groups in total. The first-order valence-electron chi connectivity index (χ1n) is 11.2. The topological polar surface area (TPSA) is 100 Å². The van der Waals surface area contributed by atoms with Gasteiger partial charge in [0, 0.05) is 37.1 Å². The number of nitrogens with one attached hydrogen (secondary N) is 2. The van der Waals surface area contributed by atoms with Gasteiger partial charge in [0.1, 0.15) is 22.4 Å². The molecule has 1 aliphatic rings. The summed E-state index contributed by atoms with van der Waals surface area (Å²) in [5, 5.41) is 6.48. The number of hydrogen-bond acceptors (Lipinski definition) is 7. The highest BCUT2D eigenvalue weighted by Crippen LogP contribution is 2.27. The summed E-state index contributed by atoms with van der Waals surface area (Å²) in [6.45, 7) is 2.72. The molecule has 3 rings (SSSR count). The Kier molecular flexibility index (Phi) is 9.32. The SMILES string of the molecule is COc1ccc(Cl)cc1S(=O)(=O)CNCCCC(=O)N(C)CCc1ccc(C2=NCCN2)cc1. The van der Waals surface area contributed by atoms with Gasteiger partial charge in [-0.15, -0.1) is 0 Å². The first-order chi connectivity index (χ1) is 16.3. The fraction of sp³-hybridized carbons (Fsp3) is 0.417. The predicted molar refractivity (Wildman–Crippen MR) is 134 cm³/mol. The van der Waals surface area contributed by atoms with Crippen molar-refractivity contribution < 1.29 is 17.9 Å². The van der Waals surface area contributed by atoms with Crippen molar-refractivity contribution in [3.8, 4) is 5.75 Å². The van der Waals surface area contributed by atoms with Crippen LogP contribution in [0.4, 0.5) is 0 Å². The van der Waals surface area contributed by atoms with Crippen molar-refractivity contribution in [2.45, 2.75) is 24.2 Å². The van der Waals surface area contributed by atoms with Crippen molar-refractivity contribution in [3.63, 3.8) is 0 Å². The molecule has 0 aromatic heterocycles. The second-order valence-corrected chi connectivity index (χ2v) is 10.5. The zero-order valence-corrected chi connectivity index (χ0v) is 21.1. The largest absolute Gasteiger partial charge is 0.495 e. The average molecular weight is 507 g/mol. The molecule has 1 amide bonds. The molecule has 0 aliphatic carbocycles. The molecule has 0 unspecified atom stereocenters. The number of methoxy groups -OCH3 is 1. The minimum absolute atomic E-state index is 0.0299. The summed E-state index contributed by atoms with van der Waals surface area (Å²) >= 11 is 5.94. The predicted octanol–water partition coefficient (Wildman–Crippen LogP) is 2.50. The monoisotopic (exact) mass is 506 g/mol. The highest BCUT2D eigenvalue weighted by molar-refractivity contribution is 7.91. The first-order valence-corrected chi connectivity index (χ1v) is 13.2. The number of carbonyl (C=O) groups excluding carboxylic acids is 1. The molecule has 2 aromatic rings. The van der Waals surface area contributed by atoms with E-state index in [0.29, 0.717) is 31.0 Å². The Labute approximate surface area is 206 Å². The summed E-state index contributed by atoms with van der Waals surface area (Å²) < 4.78 is 30.3. The summed E-state index contributed by atoms with van der Waals surface area (Å²) in [4.78, 5) is 18.6. The summed E-state index contributed by atoms with van der Waals surface area (Å²) in [6, 6.07) is 12.7. The van der Waals surface area contributed by atoms with Gasteiger partial charge in [0.05, 0.1) is 13.7 Å². The molecule has 2 aromatic carbocycles. The summed E-state index contributed by atoms with van der Waals surface area (Å²) in [6.07, 6.45) is 1.64. The highest BCUT2D eigenvalue weighted by atomic mass is 35.5. The molecule has 0 saturated carbocycles. The van der Waals surface area contributed by atoms with Gasteiger partial charge < -0.3 is 20.3 Å². The van der Waals surface area contributed by atoms with Crippen LogP contribution >= 0.6 is 11.6 Å². The fourth-order valence-electron chi connectivity index (χ4n) is 3.58. The molecule has 10 heteroatoms. The van der Waals surface area contributed by atoms with E-state index in [0.717, 1.165) is 36.5 Å². The third-order valence-corrected chi connectivity index (χ3v) is 7.37. The number of likely N-dealkylation sites (N-methyl/N-ethyl adjacent to an activating group) is 1. The van der Waals surface area contributed by atoms with Gasteiger partial charge in [-0.25, -0.2) is 8.42 Å². The van der Waals surface area contributed by atoms with Crippen LogP contribution in [0.5, 0.6) is 5.75 Å². The molecule has 0 fully saturated rings. The van der Waals surface area contributed by atoms with E-state index < -0.39 is 9.84 Å². The lowest BCUT2D eigenvalue weighted by Gasteiger charge is -2.17. The molecular weight excluding hydrogens is 476 g/mol. The number of amides is 1. The summed E-state index contributed by atoms with van der Waals surface area (Å²) in [5.41, 5.74) is 2.24. The molecule has 0 radical (unpaired) electrons. The number of sulfone groups is 1. The van der Waals surface area contributed by atoms with Crippen molar-refractivity contribution in [2.75, 3.05) is 46.2 Å². The number of amidine groups is 1. The van der Waals surface area contributed by atoms with E-state index >= 15 is 0 Å². The average Bonchev–Trinajstić information content (AvgIpc) is 3.37. The normalized spacial score (nSPS) is 13.3. The van der Waals surface area contributed by atoms with Crippen molar-refractivity contribution in [1.29, 1.82) is 0 Å². The molecule has 0 spiro atoms. The lowest BCUT2D eigenvalue weighted by molar-refractivity contribution is -0.129. The Hall–Kier alpha value is -2.62. The minimum atomic E-state index is -3.62. The number of nitrogens with zero attached hydrogens (tertiary/aromatic N) is 2. The molecule has 8 nitrogen and oxygen atoms in total. The molecule has 0 bridgehead atoms. The van der Waals surface area contributed by atoms with Gasteiger partial charge in [-0.05, 0) is 43.1 Å². The molecule has 1 aliphatic heterocycles. The Bertz CT molecular complexity index is 1120. The van der Waals surface area contributed by atoms with E-state index in [1.54, 1.807) is 18.0 Å². The van der Waals surface area contributed by atoms with Crippen LogP contribution in [0.1, 0.15) is 24.0 Å². The second kappa shape index (κ2) is 12.2. The number of ether oxygens (including phenoxy) is 1. The molecule has 0 saturated heterocycles. The van der Waals surface area contributed by atoms with Crippen LogP contribution in [0.25, 0.3) is 0 Å². The molecule has 0 atom stereocenters. The standard InChI is InChI=1S/C24H31ClN4O4S/c1-29(15-11-18-5-7-19(8-6-18)24-27-13-14-28-24)23(30)4-3-12-26-17-34(31,32)22-16-20(25)9-10-21(22)33-2/h5-10,16,26H,3-4,11-15,17H2,1-2H3,(H,27,28). The zero-order valence-electron chi connectivity index (χ0n) is 19.5. The second-order valence-electron chi connectivity index (χ2n) is 8.08. The number of carbonyl (C=O) groups is 1. The maximum Gasteiger partial charge on any atom is 0.222 e. The maximum atomic E-state index is 12.6. The van der Waals surface area contributed by atoms with Gasteiger partial charge in [-0.1, -0.05) is 35.9 Å². The summed E-state index contributed by atoms with van der Waals surface area (Å²) in [7, 11) is -0.416. The number of aliphatic imine (C=N–C) groups is 1. The highest BCUT2D eigenvalue weighted by Gasteiger charge is 2.20. The quantitative estimate of drug-likeness (QED) is 0.429. The number of halogens is 1. The van der Waals surface area contributed by atoms with Gasteiger partial charge >= 0.3 is 0 Å². The third kappa shape index (κ3) is 7.19. The minimum Gasteiger partial charge on any atom is -0.495 e. The van der Waals surface area contributed by atoms with Crippen LogP contribution in [0.2, 0.25) is 5.02 Å². The molecule has 34 heavy (non-hydrogen) atoms. The maximum absolute atomic E-state index is 12.6. The van der Waals surface area contributed by atoms with Crippen molar-refractivity contribution in [2.24, 2.45) is 4.99 Å². The number of hydrogen-bond donors (Lipinski definition) is 2. The van der Waals surface area contributed by atoms with Crippen molar-refractivity contribution in [1.82, 2.24) is 15.5 Å². The number of rotatable bonds is 12. The van der Waals surface area contributed by atoms with Gasteiger partial charge in [-0.2, -0.15) is 0 Å². The third-order valence-electron chi connectivity index (χ3n) is 5.56. The van der Waals surface area contributed by atoms with Crippen LogP contribution in [-0.4, -0.2) is 71.3 Å². The van der Waals surface area contributed by atoms with Gasteiger partial charge in [0.25, 0.3) is 0 Å². The van der Waals surface area contributed by atoms with Crippen LogP contribution in [0, 0.1) is 0 Å². The van der Waals surface area contributed by atoms with Crippen LogP contribution in [0.3, 0.4) is 0 Å². The van der Waals surface area contributed by atoms with E-state index in [1.807, 2.05) is 12.1 Å². The van der Waals surface area contributed by atoms with E-state index in [-0.39, 0.29) is 22.4 Å². The van der Waals surface area contributed by atoms with E-state index in [1.165, 1.54) is 19.2 Å². The van der Waals surface area contributed by atoms with Gasteiger partial charge in [0.2, 0.25) is 5.91 Å². The Morgan fingerprint density at radius 3 is 2.68 bits per heavy atom. The van der Waals surface area contributed by atoms with Gasteiger partial charge in [0.15, 0.2) is 9.84 Å². The van der Waals surface area contributed by atoms with Crippen molar-refractivity contribution in [3.05, 3.63) is 58.6 Å². The Morgan fingerprint density at radius 1 is 1.24 bits per heavy atom. The van der Waals surface area contributed by atoms with Gasteiger partial charge in [-0.3, -0.25) is 9.79 Å². The molecule has 184 valence electrons. The Morgan fingerprint density at radius 2 is 2.00 bits per heavy atom. The van der Waals surface area contributed by atoms with Crippen molar-refractivity contribution >= 4 is 33.2 Å². The number of benzene rings is 2. The van der Waals surface area contributed by atoms with Crippen LogP contribution < -0.4 is 15.4 Å². The summed E-state index contributed by atoms with van der Waals surface area (Å²) in [5.74, 6) is 0.960. The molecule has 1 heterocycles. The van der Waals surface area contributed by atoms with Crippen LogP contribution in [-0.2, 0) is 21.1 Å². The van der Waals surface area contributed by atoms with E-state index in [2.05, 4.69) is 27.8 Å². The molecular formula is C24H31ClN4O4S. The Balaban J connectivity index is 1.37. The van der Waals surface area contributed by atoms with Crippen LogP contribution in [0.15, 0.2) is 52.4 Å². The first kappa shape index (κ1) is 26.0. The smallest absolute Gasteiger partial charge is 0.222 e. The van der Waals surface area contributed by atoms with E-state index in [9.17, 15) is 13.2 Å². The van der Waals surface area contributed by atoms with E-state index in [4.69, 9.17) is 16.3 Å². The fourth-order valence-corrected chi connectivity index (χ4v) is 5.15.